The third kappa shape index (κ3) is 27.8. The summed E-state index contributed by atoms with van der Waals surface area (Å²) in [7, 11) is 0. The monoisotopic (exact) mass is 1940 g/mol. The van der Waals surface area contributed by atoms with Gasteiger partial charge in [-0.1, -0.05) is 122 Å². The molecule has 0 N–H and O–H groups in total. The molecule has 30 heteroatoms. The van der Waals surface area contributed by atoms with Crippen molar-refractivity contribution < 1.29 is 57.2 Å². The van der Waals surface area contributed by atoms with Gasteiger partial charge in [-0.3, -0.25) is 9.59 Å². The second-order valence-electron chi connectivity index (χ2n) is 45.1. The Morgan fingerprint density at radius 1 is 0.259 bits per heavy atom. The molecule has 12 rings (SSSR count). The molecule has 6 heterocycles. The van der Waals surface area contributed by atoms with Crippen LogP contribution in [0.25, 0.3) is 19.4 Å². The largest absolute Gasteiger partial charge is 0.470 e. The Kier molecular flexibility index (Phi) is 37.9. The van der Waals surface area contributed by atoms with Crippen molar-refractivity contribution in [1.29, 1.82) is 42.1 Å². The lowest BCUT2D eigenvalue weighted by Crippen LogP contribution is -2.35. The van der Waals surface area contributed by atoms with E-state index in [0.29, 0.717) is 83.1 Å². The van der Waals surface area contributed by atoms with Crippen molar-refractivity contribution in [2.75, 3.05) is 118 Å². The fourth-order valence-electron chi connectivity index (χ4n) is 22.5. The first kappa shape index (κ1) is 110. The molecule has 0 aromatic rings. The molecule has 0 saturated carbocycles. The number of esters is 6. The standard InChI is InChI=1S/C58H73N9O6.C55H67N9O6/c1-56(2)27-41(44(33-59)48(30-56)65-21-15-9-10-16-22-65)46(35-61)53(68)71-37-40(38-72-54(69)47(36-62)42-28-57(3,4)31-49(45(42)34-60)66-23-17-11-12-18-24-66)39-73-55(70)52(64-8)43-29-58(5,6)32-50(51(43)63-7)67-25-19-13-14-20-26-67;1-53(2)24-38(41(30-56)45(27-53)62-18-12-9-13-19-62)43(32-58)50(65)68-34-37(35-69-51(66)44(33-59)39-25-54(3,4)28-46(42(39)31-57)63-20-14-10-15-21-63)36-70-52(67)49(61-8)40-26-55(5,6)29-47(48(40)60-7)64-22-16-11-17-23-64/h40H,9-32,37-39H2,1-6H3;37H,9-29,34-36H2,1-6H3/b46-41+,47-42+,52-43-;43-38+,44-39+,49-40-. The van der Waals surface area contributed by atoms with Crippen LogP contribution >= 0.6 is 0 Å². The molecule has 6 saturated heterocycles. The molecule has 143 heavy (non-hydrogen) atoms. The normalized spacial score (nSPS) is 23.4. The molecular weight excluding hydrogens is 1800 g/mol. The maximum atomic E-state index is 14.2. The molecular formula is C113H140N18O12. The Hall–Kier alpha value is -13.6. The highest BCUT2D eigenvalue weighted by atomic mass is 16.6. The van der Waals surface area contributed by atoms with Crippen molar-refractivity contribution in [2.45, 2.75) is 295 Å². The molecule has 6 aliphatic heterocycles. The van der Waals surface area contributed by atoms with Gasteiger partial charge in [-0.05, 0) is 239 Å². The number of ether oxygens (including phenoxy) is 6. The first-order valence-corrected chi connectivity index (χ1v) is 51.3. The molecule has 0 radical (unpaired) electrons. The smallest absolute Gasteiger partial charge is 0.349 e. The van der Waals surface area contributed by atoms with Crippen LogP contribution in [-0.2, 0) is 57.2 Å². The lowest BCUT2D eigenvalue weighted by Gasteiger charge is -2.40. The van der Waals surface area contributed by atoms with Gasteiger partial charge in [0.1, 0.15) is 97.3 Å². The van der Waals surface area contributed by atoms with Crippen molar-refractivity contribution >= 4 is 35.8 Å². The number of carbonyl (C=O) groups excluding carboxylic acids is 6. The Morgan fingerprint density at radius 2 is 0.427 bits per heavy atom. The van der Waals surface area contributed by atoms with Crippen LogP contribution in [0, 0.1) is 161 Å². The summed E-state index contributed by atoms with van der Waals surface area (Å²) in [5.41, 5.74) is 4.10. The van der Waals surface area contributed by atoms with E-state index in [1.54, 1.807) is 0 Å². The van der Waals surface area contributed by atoms with E-state index < -0.39 is 98.1 Å². The van der Waals surface area contributed by atoms with Crippen molar-refractivity contribution in [2.24, 2.45) is 44.3 Å². The summed E-state index contributed by atoms with van der Waals surface area (Å²) in [6, 6.07) is 17.3. The summed E-state index contributed by atoms with van der Waals surface area (Å²) >= 11 is 0. The number of hydrogen-bond acceptors (Lipinski definition) is 26. The number of nitriles is 8. The van der Waals surface area contributed by atoms with Gasteiger partial charge >= 0.3 is 35.8 Å². The molecule has 0 amide bonds. The van der Waals surface area contributed by atoms with Crippen LogP contribution in [0.3, 0.4) is 0 Å². The van der Waals surface area contributed by atoms with Gasteiger partial charge in [0.25, 0.3) is 11.4 Å². The van der Waals surface area contributed by atoms with E-state index >= 15 is 0 Å². The third-order valence-corrected chi connectivity index (χ3v) is 29.5. The summed E-state index contributed by atoms with van der Waals surface area (Å²) in [5, 5.41) is 84.4. The summed E-state index contributed by atoms with van der Waals surface area (Å²) in [4.78, 5) is 113. The molecule has 30 nitrogen and oxygen atoms in total. The average Bonchev–Trinajstić information content (AvgIpc) is 1.57. The highest BCUT2D eigenvalue weighted by molar-refractivity contribution is 5.98. The first-order valence-electron chi connectivity index (χ1n) is 51.3. The van der Waals surface area contributed by atoms with Crippen LogP contribution in [0.1, 0.15) is 295 Å². The SMILES string of the molecule is [C-]#[N+]C1=C(N2CCCCC2)CC(C)(C)C/C1=C(/[N+]#[C-])C(=O)OCC(COC(=O)/C(C#N)=C1\CC(C)(C)CC(N2CCCCC2)=C1C#N)COC(=O)/C(C#N)=C1\CC(C)(C)CC(N2CCCCC2)=C1C#N.[C-]#[N+]C1=C(N2CCCCCC2)CC(C)(C)C/C1=C(/[N+]#[C-])C(=O)OCC(COC(=O)/C(C#N)=C1\CC(C)(C)CC(N2CCCCCC2)=C1C#N)COC(=O)/C(C#N)=C1\CC(C)(C)CC(N2CCCCCC2)=C1C#N. The van der Waals surface area contributed by atoms with Crippen molar-refractivity contribution in [3.8, 4) is 48.6 Å². The number of piperidine rings is 3. The van der Waals surface area contributed by atoms with Gasteiger partial charge in [-0.15, -0.1) is 0 Å². The molecule has 0 bridgehead atoms. The van der Waals surface area contributed by atoms with Gasteiger partial charge in [0.2, 0.25) is 0 Å². The van der Waals surface area contributed by atoms with Gasteiger partial charge in [-0.2, -0.15) is 42.1 Å². The van der Waals surface area contributed by atoms with E-state index in [9.17, 15) is 70.9 Å². The molecule has 12 aliphatic rings. The Balaban J connectivity index is 0.000000273. The summed E-state index contributed by atoms with van der Waals surface area (Å²) in [6.45, 7) is 63.4. The average molecular weight is 1940 g/mol. The molecule has 754 valence electrons. The maximum Gasteiger partial charge on any atom is 0.349 e. The van der Waals surface area contributed by atoms with E-state index in [-0.39, 0.29) is 116 Å². The third-order valence-electron chi connectivity index (χ3n) is 29.5. The Morgan fingerprint density at radius 3 is 0.601 bits per heavy atom. The van der Waals surface area contributed by atoms with Crippen molar-refractivity contribution in [3.63, 3.8) is 0 Å². The number of allylic oxidation sites excluding steroid dienone is 16. The zero-order valence-electron chi connectivity index (χ0n) is 86.2. The zero-order chi connectivity index (χ0) is 104. The molecule has 6 aliphatic carbocycles. The minimum absolute atomic E-state index is 0.274. The van der Waals surface area contributed by atoms with E-state index in [2.05, 4.69) is 73.1 Å². The zero-order valence-corrected chi connectivity index (χ0v) is 86.2. The van der Waals surface area contributed by atoms with Gasteiger partial charge in [0.15, 0.2) is 11.4 Å². The van der Waals surface area contributed by atoms with E-state index in [1.165, 1.54) is 0 Å². The first-order chi connectivity index (χ1) is 68.3. The van der Waals surface area contributed by atoms with Crippen LogP contribution in [0.15, 0.2) is 135 Å². The second-order valence-corrected chi connectivity index (χ2v) is 45.1. The number of likely N-dealkylation sites (tertiary alicyclic amines) is 6. The van der Waals surface area contributed by atoms with Crippen LogP contribution in [0.4, 0.5) is 0 Å². The number of nitrogens with zero attached hydrogens (tertiary/aromatic N) is 18. The van der Waals surface area contributed by atoms with Crippen LogP contribution in [0.5, 0.6) is 0 Å². The van der Waals surface area contributed by atoms with Crippen molar-refractivity contribution in [3.05, 3.63) is 181 Å². The molecule has 0 unspecified atom stereocenters. The molecule has 0 spiro atoms. The number of rotatable bonds is 24. The predicted octanol–water partition coefficient (Wildman–Crippen LogP) is 20.5. The van der Waals surface area contributed by atoms with E-state index in [1.807, 2.05) is 107 Å². The fourth-order valence-corrected chi connectivity index (χ4v) is 22.5. The van der Waals surface area contributed by atoms with Crippen LogP contribution in [0.2, 0.25) is 0 Å². The summed E-state index contributed by atoms with van der Waals surface area (Å²) in [6.07, 6.45) is 26.7. The predicted molar refractivity (Wildman–Crippen MR) is 533 cm³/mol. The number of hydrogen-bond donors (Lipinski definition) is 0. The van der Waals surface area contributed by atoms with Gasteiger partial charge < -0.3 is 57.8 Å². The van der Waals surface area contributed by atoms with Gasteiger partial charge in [0.05, 0.1) is 73.6 Å². The van der Waals surface area contributed by atoms with E-state index in [0.717, 1.165) is 248 Å². The van der Waals surface area contributed by atoms with Gasteiger partial charge in [-0.25, -0.2) is 38.6 Å². The quantitative estimate of drug-likeness (QED) is 0.0285. The summed E-state index contributed by atoms with van der Waals surface area (Å²) < 4.78 is 35.0. The minimum atomic E-state index is -1.07. The second kappa shape index (κ2) is 49.4. The lowest BCUT2D eigenvalue weighted by molar-refractivity contribution is -0.150. The molecule has 0 aromatic heterocycles. The number of carbonyl (C=O) groups is 6. The lowest BCUT2D eigenvalue weighted by atomic mass is 9.72. The molecule has 0 aromatic carbocycles. The van der Waals surface area contributed by atoms with Crippen molar-refractivity contribution in [1.82, 2.24) is 29.4 Å². The van der Waals surface area contributed by atoms with E-state index in [4.69, 9.17) is 54.7 Å². The maximum absolute atomic E-state index is 14.2. The molecule has 6 fully saturated rings. The molecule has 0 atom stereocenters. The van der Waals surface area contributed by atoms with Crippen LogP contribution < -0.4 is 0 Å². The minimum Gasteiger partial charge on any atom is -0.470 e. The van der Waals surface area contributed by atoms with Crippen LogP contribution in [-0.4, -0.2) is 183 Å². The summed E-state index contributed by atoms with van der Waals surface area (Å²) in [5.74, 6) is -8.15. The fraction of sp³-hybridized carbons (Fsp3) is 0.628. The topological polar surface area (TPSA) is 385 Å². The van der Waals surface area contributed by atoms with Gasteiger partial charge in [0, 0.05) is 113 Å². The highest BCUT2D eigenvalue weighted by Gasteiger charge is 2.46. The Labute approximate surface area is 846 Å². The highest BCUT2D eigenvalue weighted by Crippen LogP contribution is 2.53. The Bertz CT molecular complexity index is 5320.